The van der Waals surface area contributed by atoms with Gasteiger partial charge in [-0.05, 0) is 65.3 Å². The van der Waals surface area contributed by atoms with Crippen LogP contribution in [0.3, 0.4) is 0 Å². The first-order valence-electron chi connectivity index (χ1n) is 12.6. The number of carbonyl (C=O) groups excluding carboxylic acids is 2. The number of pyridine rings is 1. The maximum atomic E-state index is 13.4. The second-order valence-electron chi connectivity index (χ2n) is 10.5. The Labute approximate surface area is 218 Å². The maximum Gasteiger partial charge on any atom is 0.295 e. The Balaban J connectivity index is 1.82. The lowest BCUT2D eigenvalue weighted by Crippen LogP contribution is -2.29. The Morgan fingerprint density at radius 1 is 1.08 bits per heavy atom. The number of carbonyl (C=O) groups is 2. The Morgan fingerprint density at radius 2 is 1.81 bits per heavy atom. The molecule has 1 atom stereocenters. The number of benzene rings is 2. The first-order chi connectivity index (χ1) is 17.6. The zero-order chi connectivity index (χ0) is 26.7. The molecule has 0 bridgehead atoms. The average molecular weight is 499 g/mol. The van der Waals surface area contributed by atoms with Gasteiger partial charge in [0.05, 0.1) is 18.2 Å². The van der Waals surface area contributed by atoms with E-state index >= 15 is 0 Å². The number of aromatic nitrogens is 1. The standard InChI is InChI=1S/C31H34N2O4/c1-6-16-37-25-14-11-23(17-20(25)2)28(34)26-27(22-9-12-24(13-10-22)31(3,4)5)33(30(36)29(26)35)19-21-8-7-15-32-18-21/h7-15,17-18,27,34H,6,16,19H2,1-5H3/t27-/m1/s1. The first-order valence-corrected chi connectivity index (χ1v) is 12.6. The maximum absolute atomic E-state index is 13.4. The summed E-state index contributed by atoms with van der Waals surface area (Å²) in [6, 6.07) is 16.1. The molecule has 1 fully saturated rings. The fourth-order valence-corrected chi connectivity index (χ4v) is 4.57. The van der Waals surface area contributed by atoms with Crippen molar-refractivity contribution in [3.8, 4) is 5.75 Å². The Morgan fingerprint density at radius 3 is 2.41 bits per heavy atom. The van der Waals surface area contributed by atoms with Crippen LogP contribution < -0.4 is 4.74 Å². The quantitative estimate of drug-likeness (QED) is 0.242. The van der Waals surface area contributed by atoms with Crippen LogP contribution in [0.2, 0.25) is 0 Å². The van der Waals surface area contributed by atoms with E-state index in [4.69, 9.17) is 4.74 Å². The lowest BCUT2D eigenvalue weighted by molar-refractivity contribution is -0.140. The molecule has 0 spiro atoms. The van der Waals surface area contributed by atoms with Crippen molar-refractivity contribution in [2.75, 3.05) is 6.61 Å². The molecule has 1 N–H and O–H groups in total. The van der Waals surface area contributed by atoms with Crippen LogP contribution in [-0.2, 0) is 21.5 Å². The number of aryl methyl sites for hydroxylation is 1. The smallest absolute Gasteiger partial charge is 0.295 e. The molecule has 0 saturated carbocycles. The van der Waals surface area contributed by atoms with Crippen molar-refractivity contribution in [1.29, 1.82) is 0 Å². The number of amides is 1. The number of hydrogen-bond acceptors (Lipinski definition) is 5. The number of Topliss-reactive ketones (excluding diaryl/α,β-unsaturated/α-hetero) is 1. The van der Waals surface area contributed by atoms with Crippen molar-refractivity contribution in [2.45, 2.75) is 59.0 Å². The van der Waals surface area contributed by atoms with E-state index in [1.807, 2.05) is 44.2 Å². The molecule has 2 heterocycles. The van der Waals surface area contributed by atoms with E-state index in [0.717, 1.165) is 34.4 Å². The third-order valence-electron chi connectivity index (χ3n) is 6.62. The molecule has 1 aliphatic heterocycles. The minimum absolute atomic E-state index is 0.0465. The topological polar surface area (TPSA) is 79.7 Å². The van der Waals surface area contributed by atoms with Gasteiger partial charge in [0.2, 0.25) is 0 Å². The van der Waals surface area contributed by atoms with E-state index in [-0.39, 0.29) is 23.3 Å². The summed E-state index contributed by atoms with van der Waals surface area (Å²) in [5.74, 6) is -0.808. The van der Waals surface area contributed by atoms with E-state index in [2.05, 4.69) is 25.8 Å². The number of ether oxygens (including phenoxy) is 1. The second kappa shape index (κ2) is 10.6. The van der Waals surface area contributed by atoms with E-state index in [9.17, 15) is 14.7 Å². The molecule has 6 nitrogen and oxygen atoms in total. The SMILES string of the molecule is CCCOc1ccc(C(O)=C2C(=O)C(=O)N(Cc3cccnc3)[C@@H]2c2ccc(C(C)(C)C)cc2)cc1C. The van der Waals surface area contributed by atoms with Crippen LogP contribution >= 0.6 is 0 Å². The summed E-state index contributed by atoms with van der Waals surface area (Å²) in [5, 5.41) is 11.4. The van der Waals surface area contributed by atoms with Crippen LogP contribution in [0.5, 0.6) is 5.75 Å². The summed E-state index contributed by atoms with van der Waals surface area (Å²) in [6.07, 6.45) is 4.23. The number of likely N-dealkylation sites (tertiary alicyclic amines) is 1. The van der Waals surface area contributed by atoms with Gasteiger partial charge >= 0.3 is 0 Å². The number of hydrogen-bond donors (Lipinski definition) is 1. The summed E-state index contributed by atoms with van der Waals surface area (Å²) in [5.41, 5.74) is 4.05. The van der Waals surface area contributed by atoms with Crippen molar-refractivity contribution in [2.24, 2.45) is 0 Å². The van der Waals surface area contributed by atoms with Crippen LogP contribution in [0.25, 0.3) is 5.76 Å². The summed E-state index contributed by atoms with van der Waals surface area (Å²) in [4.78, 5) is 32.3. The third kappa shape index (κ3) is 5.43. The molecular weight excluding hydrogens is 464 g/mol. The first kappa shape index (κ1) is 26.1. The molecule has 1 aliphatic rings. The average Bonchev–Trinajstić information content (AvgIpc) is 3.12. The minimum atomic E-state index is -0.731. The molecule has 37 heavy (non-hydrogen) atoms. The fourth-order valence-electron chi connectivity index (χ4n) is 4.57. The van der Waals surface area contributed by atoms with Crippen molar-refractivity contribution >= 4 is 17.4 Å². The summed E-state index contributed by atoms with van der Waals surface area (Å²) >= 11 is 0. The van der Waals surface area contributed by atoms with Crippen molar-refractivity contribution in [1.82, 2.24) is 9.88 Å². The molecule has 6 heteroatoms. The second-order valence-corrected chi connectivity index (χ2v) is 10.5. The number of aliphatic hydroxyl groups is 1. The predicted octanol–water partition coefficient (Wildman–Crippen LogP) is 6.10. The highest BCUT2D eigenvalue weighted by atomic mass is 16.5. The summed E-state index contributed by atoms with van der Waals surface area (Å²) < 4.78 is 5.76. The minimum Gasteiger partial charge on any atom is -0.507 e. The van der Waals surface area contributed by atoms with Gasteiger partial charge in [0.25, 0.3) is 11.7 Å². The van der Waals surface area contributed by atoms with Crippen molar-refractivity contribution < 1.29 is 19.4 Å². The highest BCUT2D eigenvalue weighted by Gasteiger charge is 2.46. The van der Waals surface area contributed by atoms with Crippen LogP contribution in [0.4, 0.5) is 0 Å². The highest BCUT2D eigenvalue weighted by Crippen LogP contribution is 2.41. The number of ketones is 1. The molecule has 192 valence electrons. The predicted molar refractivity (Wildman–Crippen MR) is 144 cm³/mol. The molecule has 3 aromatic rings. The summed E-state index contributed by atoms with van der Waals surface area (Å²) in [6.45, 7) is 11.1. The molecule has 1 amide bonds. The molecule has 0 unspecified atom stereocenters. The molecular formula is C31H34N2O4. The normalized spacial score (nSPS) is 17.3. The van der Waals surface area contributed by atoms with Gasteiger partial charge in [-0.2, -0.15) is 0 Å². The Bertz CT molecular complexity index is 1320. The van der Waals surface area contributed by atoms with Gasteiger partial charge in [-0.15, -0.1) is 0 Å². The largest absolute Gasteiger partial charge is 0.507 e. The van der Waals surface area contributed by atoms with Crippen molar-refractivity contribution in [3.63, 3.8) is 0 Å². The number of rotatable bonds is 7. The molecule has 0 radical (unpaired) electrons. The van der Waals surface area contributed by atoms with Crippen LogP contribution in [0.15, 0.2) is 72.6 Å². The van der Waals surface area contributed by atoms with Crippen molar-refractivity contribution in [3.05, 3.63) is 100 Å². The zero-order valence-corrected chi connectivity index (χ0v) is 22.1. The highest BCUT2D eigenvalue weighted by molar-refractivity contribution is 6.46. The van der Waals surface area contributed by atoms with Gasteiger partial charge in [0, 0.05) is 24.5 Å². The van der Waals surface area contributed by atoms with Crippen LogP contribution in [-0.4, -0.2) is 33.3 Å². The lowest BCUT2D eigenvalue weighted by atomic mass is 9.85. The van der Waals surface area contributed by atoms with Gasteiger partial charge in [-0.25, -0.2) is 0 Å². The molecule has 2 aromatic carbocycles. The van der Waals surface area contributed by atoms with Crippen LogP contribution in [0, 0.1) is 6.92 Å². The zero-order valence-electron chi connectivity index (χ0n) is 22.1. The van der Waals surface area contributed by atoms with E-state index in [1.165, 1.54) is 4.90 Å². The third-order valence-corrected chi connectivity index (χ3v) is 6.62. The Kier molecular flexibility index (Phi) is 7.48. The molecule has 1 saturated heterocycles. The molecule has 0 aliphatic carbocycles. The van der Waals surface area contributed by atoms with Gasteiger partial charge in [-0.1, -0.05) is 58.0 Å². The van der Waals surface area contributed by atoms with Gasteiger partial charge in [0.1, 0.15) is 11.5 Å². The van der Waals surface area contributed by atoms with E-state index in [0.29, 0.717) is 12.2 Å². The van der Waals surface area contributed by atoms with Crippen LogP contribution in [0.1, 0.15) is 68.0 Å². The van der Waals surface area contributed by atoms with Gasteiger partial charge < -0.3 is 14.7 Å². The number of nitrogens with zero attached hydrogens (tertiary/aromatic N) is 2. The lowest BCUT2D eigenvalue weighted by Gasteiger charge is -2.26. The fraction of sp³-hybridized carbons (Fsp3) is 0.323. The monoisotopic (exact) mass is 498 g/mol. The molecule has 4 rings (SSSR count). The van der Waals surface area contributed by atoms with Gasteiger partial charge in [-0.3, -0.25) is 14.6 Å². The molecule has 1 aromatic heterocycles. The number of aliphatic hydroxyl groups excluding tert-OH is 1. The van der Waals surface area contributed by atoms with Gasteiger partial charge in [0.15, 0.2) is 0 Å². The summed E-state index contributed by atoms with van der Waals surface area (Å²) in [7, 11) is 0. The van der Waals surface area contributed by atoms with E-state index in [1.54, 1.807) is 36.7 Å². The Hall–Kier alpha value is -3.93. The van der Waals surface area contributed by atoms with E-state index < -0.39 is 17.7 Å².